The van der Waals surface area contributed by atoms with Crippen molar-refractivity contribution in [2.24, 2.45) is 5.92 Å². The summed E-state index contributed by atoms with van der Waals surface area (Å²) in [7, 11) is 1.79. The molecule has 1 N–H and O–H groups in total. The molecular weight excluding hydrogens is 254 g/mol. The number of nitrogens with zero attached hydrogens (tertiary/aromatic N) is 2. The highest BCUT2D eigenvalue weighted by Crippen LogP contribution is 2.41. The van der Waals surface area contributed by atoms with Crippen LogP contribution in [0.1, 0.15) is 19.8 Å². The Morgan fingerprint density at radius 3 is 2.89 bits per heavy atom. The Bertz CT molecular complexity index is 431. The normalized spacial score (nSPS) is 18.4. The molecule has 1 unspecified atom stereocenters. The van der Waals surface area contributed by atoms with E-state index in [1.165, 1.54) is 0 Å². The number of carbonyl (C=O) groups excluding carboxylic acids is 1. The van der Waals surface area contributed by atoms with Crippen LogP contribution in [0.15, 0.2) is 12.4 Å². The van der Waals surface area contributed by atoms with Gasteiger partial charge in [0.2, 0.25) is 0 Å². The summed E-state index contributed by atoms with van der Waals surface area (Å²) in [5, 5.41) is 7.85. The molecular formula is C12H18ClN3O2. The minimum absolute atomic E-state index is 0.207. The Morgan fingerprint density at radius 2 is 2.44 bits per heavy atom. The number of nitrogens with one attached hydrogen (secondary N) is 1. The predicted molar refractivity (Wildman–Crippen MR) is 68.4 cm³/mol. The summed E-state index contributed by atoms with van der Waals surface area (Å²) in [5.41, 5.74) is -0.689. The number of rotatable bonds is 6. The van der Waals surface area contributed by atoms with Gasteiger partial charge in [0.15, 0.2) is 0 Å². The second kappa shape index (κ2) is 5.28. The van der Waals surface area contributed by atoms with E-state index < -0.39 is 5.54 Å². The molecule has 1 heterocycles. The maximum atomic E-state index is 12.2. The summed E-state index contributed by atoms with van der Waals surface area (Å²) in [6.07, 6.45) is 5.36. The standard InChI is InChI=1S/C12H18ClN3O2/c1-3-18-11(17)12(14-2,9-4-5-9)8-16-7-10(13)6-15-16/h6-7,9,14H,3-5,8H2,1-2H3. The van der Waals surface area contributed by atoms with E-state index in [1.54, 1.807) is 24.1 Å². The number of halogens is 1. The third-order valence-electron chi connectivity index (χ3n) is 3.37. The lowest BCUT2D eigenvalue weighted by molar-refractivity contribution is -0.153. The molecule has 0 aromatic carbocycles. The van der Waals surface area contributed by atoms with Gasteiger partial charge in [0.1, 0.15) is 5.54 Å². The van der Waals surface area contributed by atoms with Crippen molar-refractivity contribution in [2.45, 2.75) is 31.8 Å². The van der Waals surface area contributed by atoms with Crippen molar-refractivity contribution in [3.63, 3.8) is 0 Å². The Labute approximate surface area is 111 Å². The van der Waals surface area contributed by atoms with E-state index in [2.05, 4.69) is 10.4 Å². The molecule has 2 rings (SSSR count). The molecule has 18 heavy (non-hydrogen) atoms. The number of hydrogen-bond acceptors (Lipinski definition) is 4. The molecule has 1 saturated carbocycles. The highest BCUT2D eigenvalue weighted by Gasteiger charge is 2.51. The number of hydrogen-bond donors (Lipinski definition) is 1. The van der Waals surface area contributed by atoms with Crippen LogP contribution in [0.3, 0.4) is 0 Å². The van der Waals surface area contributed by atoms with Crippen molar-refractivity contribution < 1.29 is 9.53 Å². The van der Waals surface area contributed by atoms with E-state index in [0.29, 0.717) is 24.1 Å². The zero-order valence-corrected chi connectivity index (χ0v) is 11.4. The first-order valence-electron chi connectivity index (χ1n) is 6.16. The van der Waals surface area contributed by atoms with Gasteiger partial charge in [-0.15, -0.1) is 0 Å². The van der Waals surface area contributed by atoms with Crippen molar-refractivity contribution >= 4 is 17.6 Å². The van der Waals surface area contributed by atoms with Gasteiger partial charge in [-0.3, -0.25) is 4.68 Å². The second-order valence-corrected chi connectivity index (χ2v) is 5.01. The quantitative estimate of drug-likeness (QED) is 0.796. The third-order valence-corrected chi connectivity index (χ3v) is 3.57. The van der Waals surface area contributed by atoms with Gasteiger partial charge in [-0.25, -0.2) is 4.79 Å². The van der Waals surface area contributed by atoms with Crippen LogP contribution in [0.2, 0.25) is 5.02 Å². The Balaban J connectivity index is 2.21. The monoisotopic (exact) mass is 271 g/mol. The van der Waals surface area contributed by atoms with Gasteiger partial charge in [-0.05, 0) is 32.7 Å². The molecule has 0 aliphatic heterocycles. The van der Waals surface area contributed by atoms with E-state index >= 15 is 0 Å². The Kier molecular flexibility index (Phi) is 3.92. The highest BCUT2D eigenvalue weighted by atomic mass is 35.5. The molecule has 1 aliphatic carbocycles. The van der Waals surface area contributed by atoms with Gasteiger partial charge < -0.3 is 10.1 Å². The first kappa shape index (κ1) is 13.4. The smallest absolute Gasteiger partial charge is 0.328 e. The lowest BCUT2D eigenvalue weighted by atomic mass is 9.93. The van der Waals surface area contributed by atoms with Crippen molar-refractivity contribution in [1.29, 1.82) is 0 Å². The van der Waals surface area contributed by atoms with Crippen LogP contribution in [-0.2, 0) is 16.1 Å². The van der Waals surface area contributed by atoms with Crippen LogP contribution >= 0.6 is 11.6 Å². The maximum Gasteiger partial charge on any atom is 0.328 e. The summed E-state index contributed by atoms with van der Waals surface area (Å²) in [4.78, 5) is 12.2. The van der Waals surface area contributed by atoms with Crippen molar-refractivity contribution in [3.05, 3.63) is 17.4 Å². The van der Waals surface area contributed by atoms with Gasteiger partial charge in [0.05, 0.1) is 24.4 Å². The van der Waals surface area contributed by atoms with E-state index in [4.69, 9.17) is 16.3 Å². The maximum absolute atomic E-state index is 12.2. The van der Waals surface area contributed by atoms with Crippen molar-refractivity contribution in [3.8, 4) is 0 Å². The van der Waals surface area contributed by atoms with Crippen molar-refractivity contribution in [1.82, 2.24) is 15.1 Å². The third kappa shape index (κ3) is 2.52. The molecule has 1 atom stereocenters. The molecule has 0 saturated heterocycles. The van der Waals surface area contributed by atoms with E-state index in [1.807, 2.05) is 6.92 Å². The molecule has 1 aromatic heterocycles. The summed E-state index contributed by atoms with van der Waals surface area (Å²) in [6, 6.07) is 0. The van der Waals surface area contributed by atoms with Gasteiger partial charge >= 0.3 is 5.97 Å². The average molecular weight is 272 g/mol. The van der Waals surface area contributed by atoms with Gasteiger partial charge in [-0.1, -0.05) is 11.6 Å². The average Bonchev–Trinajstić information content (AvgIpc) is 3.11. The van der Waals surface area contributed by atoms with Gasteiger partial charge in [0.25, 0.3) is 0 Å². The Morgan fingerprint density at radius 1 is 1.72 bits per heavy atom. The fourth-order valence-corrected chi connectivity index (χ4v) is 2.42. The summed E-state index contributed by atoms with van der Waals surface area (Å²) < 4.78 is 6.89. The molecule has 1 fully saturated rings. The molecule has 5 nitrogen and oxygen atoms in total. The molecule has 1 aliphatic rings. The summed E-state index contributed by atoms with van der Waals surface area (Å²) in [5.74, 6) is 0.103. The largest absolute Gasteiger partial charge is 0.465 e. The second-order valence-electron chi connectivity index (χ2n) is 4.57. The summed E-state index contributed by atoms with van der Waals surface area (Å²) in [6.45, 7) is 2.64. The van der Waals surface area contributed by atoms with Crippen LogP contribution in [-0.4, -0.2) is 34.9 Å². The van der Waals surface area contributed by atoms with Gasteiger partial charge in [-0.2, -0.15) is 5.10 Å². The topological polar surface area (TPSA) is 56.2 Å². The minimum Gasteiger partial charge on any atom is -0.465 e. The fourth-order valence-electron chi connectivity index (χ4n) is 2.26. The molecule has 0 radical (unpaired) electrons. The minimum atomic E-state index is -0.689. The highest BCUT2D eigenvalue weighted by molar-refractivity contribution is 6.30. The van der Waals surface area contributed by atoms with Crippen LogP contribution in [0.25, 0.3) is 0 Å². The number of aromatic nitrogens is 2. The SMILES string of the molecule is CCOC(=O)C(Cn1cc(Cl)cn1)(NC)C1CC1. The Hall–Kier alpha value is -1.07. The van der Waals surface area contributed by atoms with Crippen molar-refractivity contribution in [2.75, 3.05) is 13.7 Å². The first-order chi connectivity index (χ1) is 8.62. The van der Waals surface area contributed by atoms with Crippen LogP contribution in [0, 0.1) is 5.92 Å². The van der Waals surface area contributed by atoms with Gasteiger partial charge in [0, 0.05) is 6.20 Å². The molecule has 0 amide bonds. The van der Waals surface area contributed by atoms with E-state index in [9.17, 15) is 4.79 Å². The van der Waals surface area contributed by atoms with Crippen LogP contribution < -0.4 is 5.32 Å². The zero-order chi connectivity index (χ0) is 13.2. The zero-order valence-electron chi connectivity index (χ0n) is 10.6. The predicted octanol–water partition coefficient (Wildman–Crippen LogP) is 1.47. The number of ether oxygens (including phenoxy) is 1. The van der Waals surface area contributed by atoms with E-state index in [0.717, 1.165) is 12.8 Å². The number of carbonyl (C=O) groups is 1. The van der Waals surface area contributed by atoms with E-state index in [-0.39, 0.29) is 5.97 Å². The molecule has 6 heteroatoms. The molecule has 0 spiro atoms. The number of likely N-dealkylation sites (N-methyl/N-ethyl adjacent to an activating group) is 1. The molecule has 0 bridgehead atoms. The summed E-state index contributed by atoms with van der Waals surface area (Å²) >= 11 is 5.85. The van der Waals surface area contributed by atoms with Crippen LogP contribution in [0.4, 0.5) is 0 Å². The lowest BCUT2D eigenvalue weighted by Gasteiger charge is -2.31. The first-order valence-corrected chi connectivity index (χ1v) is 6.54. The molecule has 1 aromatic rings. The molecule has 100 valence electrons. The fraction of sp³-hybridized carbons (Fsp3) is 0.667. The van der Waals surface area contributed by atoms with Crippen LogP contribution in [0.5, 0.6) is 0 Å². The lowest BCUT2D eigenvalue weighted by Crippen LogP contribution is -2.56. The number of esters is 1.